The molecular formula is C14H13FN2O3. The van der Waals surface area contributed by atoms with Crippen LogP contribution < -0.4 is 10.5 Å². The van der Waals surface area contributed by atoms with Crippen LogP contribution in [-0.2, 0) is 6.54 Å². The van der Waals surface area contributed by atoms with Crippen LogP contribution in [-0.4, -0.2) is 4.92 Å². The number of aryl methyl sites for hydroxylation is 1. The highest BCUT2D eigenvalue weighted by molar-refractivity contribution is 5.54. The molecule has 20 heavy (non-hydrogen) atoms. The number of nitrogens with two attached hydrogens (primary N) is 1. The molecule has 2 N–H and O–H groups in total. The molecule has 5 nitrogen and oxygen atoms in total. The fourth-order valence-electron chi connectivity index (χ4n) is 1.84. The third-order valence-corrected chi connectivity index (χ3v) is 2.86. The highest BCUT2D eigenvalue weighted by Gasteiger charge is 2.20. The molecule has 2 rings (SSSR count). The number of nitrogens with zero attached hydrogens (tertiary/aromatic N) is 1. The van der Waals surface area contributed by atoms with Gasteiger partial charge in [0.1, 0.15) is 0 Å². The molecule has 0 atom stereocenters. The Morgan fingerprint density at radius 3 is 2.60 bits per heavy atom. The number of rotatable bonds is 4. The molecule has 0 aliphatic rings. The van der Waals surface area contributed by atoms with E-state index >= 15 is 0 Å². The van der Waals surface area contributed by atoms with Crippen LogP contribution in [0.25, 0.3) is 0 Å². The number of para-hydroxylation sites is 2. The summed E-state index contributed by atoms with van der Waals surface area (Å²) in [6, 6.07) is 8.86. The molecule has 0 aromatic heterocycles. The van der Waals surface area contributed by atoms with E-state index in [2.05, 4.69) is 0 Å². The van der Waals surface area contributed by atoms with Crippen molar-refractivity contribution in [1.82, 2.24) is 0 Å². The van der Waals surface area contributed by atoms with Crippen LogP contribution in [0.4, 0.5) is 10.1 Å². The molecule has 0 heterocycles. The molecule has 2 aromatic carbocycles. The lowest BCUT2D eigenvalue weighted by Crippen LogP contribution is -2.03. The lowest BCUT2D eigenvalue weighted by atomic mass is 10.1. The van der Waals surface area contributed by atoms with Crippen molar-refractivity contribution >= 4 is 5.69 Å². The van der Waals surface area contributed by atoms with Crippen LogP contribution in [0.1, 0.15) is 11.1 Å². The normalized spacial score (nSPS) is 10.3. The van der Waals surface area contributed by atoms with Gasteiger partial charge in [0, 0.05) is 18.2 Å². The Hall–Kier alpha value is -2.47. The van der Waals surface area contributed by atoms with Crippen molar-refractivity contribution < 1.29 is 14.1 Å². The first-order chi connectivity index (χ1) is 9.54. The van der Waals surface area contributed by atoms with Crippen LogP contribution in [0.15, 0.2) is 36.4 Å². The molecular weight excluding hydrogens is 263 g/mol. The van der Waals surface area contributed by atoms with E-state index in [-0.39, 0.29) is 23.7 Å². The van der Waals surface area contributed by atoms with E-state index in [1.54, 1.807) is 25.1 Å². The third kappa shape index (κ3) is 2.60. The van der Waals surface area contributed by atoms with Crippen LogP contribution in [0.5, 0.6) is 11.5 Å². The Morgan fingerprint density at radius 1 is 1.25 bits per heavy atom. The van der Waals surface area contributed by atoms with Gasteiger partial charge in [0.25, 0.3) is 0 Å². The zero-order chi connectivity index (χ0) is 14.7. The topological polar surface area (TPSA) is 78.4 Å². The molecule has 0 saturated heterocycles. The Balaban J connectivity index is 2.53. The average Bonchev–Trinajstić information content (AvgIpc) is 2.42. The summed E-state index contributed by atoms with van der Waals surface area (Å²) in [7, 11) is 0. The molecule has 0 bridgehead atoms. The minimum Gasteiger partial charge on any atom is -0.446 e. The zero-order valence-electron chi connectivity index (χ0n) is 10.8. The minimum atomic E-state index is -0.606. The second-order valence-electron chi connectivity index (χ2n) is 4.21. The summed E-state index contributed by atoms with van der Waals surface area (Å²) in [5.41, 5.74) is 6.31. The van der Waals surface area contributed by atoms with Gasteiger partial charge in [0.15, 0.2) is 11.6 Å². The van der Waals surface area contributed by atoms with Crippen LogP contribution in [0, 0.1) is 22.9 Å². The van der Waals surface area contributed by atoms with Gasteiger partial charge in [-0.2, -0.15) is 0 Å². The number of halogens is 1. The summed E-state index contributed by atoms with van der Waals surface area (Å²) >= 11 is 0. The van der Waals surface area contributed by atoms with E-state index in [4.69, 9.17) is 10.5 Å². The van der Waals surface area contributed by atoms with Crippen molar-refractivity contribution in [3.05, 3.63) is 63.5 Å². The summed E-state index contributed by atoms with van der Waals surface area (Å²) in [6.07, 6.45) is 0. The molecule has 6 heteroatoms. The second kappa shape index (κ2) is 5.66. The van der Waals surface area contributed by atoms with E-state index in [9.17, 15) is 14.5 Å². The van der Waals surface area contributed by atoms with E-state index in [0.29, 0.717) is 11.1 Å². The van der Waals surface area contributed by atoms with Gasteiger partial charge >= 0.3 is 5.69 Å². The first kappa shape index (κ1) is 14.0. The van der Waals surface area contributed by atoms with Crippen molar-refractivity contribution in [2.45, 2.75) is 13.5 Å². The van der Waals surface area contributed by atoms with Crippen LogP contribution in [0.2, 0.25) is 0 Å². The Labute approximate surface area is 114 Å². The highest BCUT2D eigenvalue weighted by Crippen LogP contribution is 2.36. The number of benzene rings is 2. The molecule has 0 spiro atoms. The summed E-state index contributed by atoms with van der Waals surface area (Å²) in [5.74, 6) is -0.657. The van der Waals surface area contributed by atoms with E-state index in [0.717, 1.165) is 0 Å². The van der Waals surface area contributed by atoms with Gasteiger partial charge < -0.3 is 10.5 Å². The van der Waals surface area contributed by atoms with Gasteiger partial charge in [-0.15, -0.1) is 0 Å². The smallest absolute Gasteiger partial charge is 0.311 e. The standard InChI is InChI=1S/C14H13FN2O3/c1-9-4-2-7-12(17(18)19)13(9)20-14-10(8-16)5-3-6-11(14)15/h2-7H,8,16H2,1H3. The maximum Gasteiger partial charge on any atom is 0.311 e. The van der Waals surface area contributed by atoms with Crippen LogP contribution >= 0.6 is 0 Å². The fourth-order valence-corrected chi connectivity index (χ4v) is 1.84. The number of ether oxygens (including phenoxy) is 1. The van der Waals surface area contributed by atoms with E-state index < -0.39 is 10.7 Å². The van der Waals surface area contributed by atoms with Crippen molar-refractivity contribution in [1.29, 1.82) is 0 Å². The van der Waals surface area contributed by atoms with Gasteiger partial charge in [0.05, 0.1) is 4.92 Å². The van der Waals surface area contributed by atoms with Crippen molar-refractivity contribution in [3.8, 4) is 11.5 Å². The van der Waals surface area contributed by atoms with Gasteiger partial charge in [-0.3, -0.25) is 10.1 Å². The second-order valence-corrected chi connectivity index (χ2v) is 4.21. The number of nitro benzene ring substituents is 1. The molecule has 0 amide bonds. The van der Waals surface area contributed by atoms with Crippen molar-refractivity contribution in [3.63, 3.8) is 0 Å². The summed E-state index contributed by atoms with van der Waals surface area (Å²) in [6.45, 7) is 1.73. The zero-order valence-corrected chi connectivity index (χ0v) is 10.8. The van der Waals surface area contributed by atoms with Gasteiger partial charge in [0.2, 0.25) is 5.75 Å². The maximum absolute atomic E-state index is 13.8. The molecule has 0 unspecified atom stereocenters. The SMILES string of the molecule is Cc1cccc([N+](=O)[O-])c1Oc1c(F)cccc1CN. The highest BCUT2D eigenvalue weighted by atomic mass is 19.1. The quantitative estimate of drug-likeness (QED) is 0.686. The molecule has 2 aromatic rings. The minimum absolute atomic E-state index is 0.0253. The van der Waals surface area contributed by atoms with Gasteiger partial charge in [-0.05, 0) is 18.6 Å². The van der Waals surface area contributed by atoms with Crippen molar-refractivity contribution in [2.24, 2.45) is 5.73 Å². The first-order valence-corrected chi connectivity index (χ1v) is 5.94. The van der Waals surface area contributed by atoms with Crippen molar-refractivity contribution in [2.75, 3.05) is 0 Å². The molecule has 104 valence electrons. The Morgan fingerprint density at radius 2 is 1.95 bits per heavy atom. The van der Waals surface area contributed by atoms with Crippen LogP contribution in [0.3, 0.4) is 0 Å². The van der Waals surface area contributed by atoms with Gasteiger partial charge in [-0.25, -0.2) is 4.39 Å². The van der Waals surface area contributed by atoms with E-state index in [1.807, 2.05) is 0 Å². The summed E-state index contributed by atoms with van der Waals surface area (Å²) in [4.78, 5) is 10.4. The molecule has 0 aliphatic carbocycles. The largest absolute Gasteiger partial charge is 0.446 e. The number of nitro groups is 1. The lowest BCUT2D eigenvalue weighted by molar-refractivity contribution is -0.385. The monoisotopic (exact) mass is 276 g/mol. The fraction of sp³-hybridized carbons (Fsp3) is 0.143. The van der Waals surface area contributed by atoms with Gasteiger partial charge in [-0.1, -0.05) is 24.3 Å². The maximum atomic E-state index is 13.8. The third-order valence-electron chi connectivity index (χ3n) is 2.86. The summed E-state index contributed by atoms with van der Waals surface area (Å²) < 4.78 is 19.3. The predicted molar refractivity (Wildman–Crippen MR) is 72.2 cm³/mol. The first-order valence-electron chi connectivity index (χ1n) is 5.94. The lowest BCUT2D eigenvalue weighted by Gasteiger charge is -2.12. The number of hydrogen-bond donors (Lipinski definition) is 1. The molecule has 0 saturated carbocycles. The molecule has 0 fully saturated rings. The Bertz CT molecular complexity index is 659. The average molecular weight is 276 g/mol. The molecule has 0 aliphatic heterocycles. The Kier molecular flexibility index (Phi) is 3.95. The van der Waals surface area contributed by atoms with E-state index in [1.165, 1.54) is 18.2 Å². The molecule has 0 radical (unpaired) electrons. The number of hydrogen-bond acceptors (Lipinski definition) is 4. The predicted octanol–water partition coefficient (Wildman–Crippen LogP) is 3.29. The summed E-state index contributed by atoms with van der Waals surface area (Å²) in [5, 5.41) is 11.0.